The van der Waals surface area contributed by atoms with Crippen molar-refractivity contribution >= 4 is 15.9 Å². The Kier molecular flexibility index (Phi) is 4.66. The Morgan fingerprint density at radius 1 is 1.50 bits per heavy atom. The Morgan fingerprint density at radius 3 is 2.89 bits per heavy atom. The summed E-state index contributed by atoms with van der Waals surface area (Å²) in [6.45, 7) is 5.37. The second-order valence-corrected chi connectivity index (χ2v) is 5.34. The summed E-state index contributed by atoms with van der Waals surface area (Å²) in [5.74, 6) is 1.62. The minimum absolute atomic E-state index is 0.532. The highest BCUT2D eigenvalue weighted by atomic mass is 79.9. The molecule has 98 valence electrons. The van der Waals surface area contributed by atoms with Gasteiger partial charge < -0.3 is 14.8 Å². The molecule has 0 aliphatic heterocycles. The van der Waals surface area contributed by atoms with Crippen LogP contribution in [0.2, 0.25) is 0 Å². The molecule has 0 bridgehead atoms. The summed E-state index contributed by atoms with van der Waals surface area (Å²) in [4.78, 5) is 0. The van der Waals surface area contributed by atoms with Gasteiger partial charge in [0.15, 0.2) is 0 Å². The molecule has 18 heavy (non-hydrogen) atoms. The largest absolute Gasteiger partial charge is 0.497 e. The molecular weight excluding hydrogens is 294 g/mol. The van der Waals surface area contributed by atoms with Crippen LogP contribution in [-0.2, 0) is 0 Å². The Bertz CT molecular complexity index is 430. The third-order valence-corrected chi connectivity index (χ3v) is 3.41. The highest BCUT2D eigenvalue weighted by Gasteiger charge is 2.20. The topological polar surface area (TPSA) is 30.5 Å². The van der Waals surface area contributed by atoms with Crippen LogP contribution in [0.15, 0.2) is 34.8 Å². The van der Waals surface area contributed by atoms with Gasteiger partial charge >= 0.3 is 0 Å². The standard InChI is InChI=1S/C14H18BrNO2/c1-10(8-16-11-3-4-11)9-18-14-6-5-12(17-2)7-13(14)15/h5-7,11,16H,1,3-4,8-9H2,2H3. The second kappa shape index (κ2) is 6.25. The molecule has 0 atom stereocenters. The smallest absolute Gasteiger partial charge is 0.134 e. The summed E-state index contributed by atoms with van der Waals surface area (Å²) in [6.07, 6.45) is 2.58. The minimum atomic E-state index is 0.532. The number of methoxy groups -OCH3 is 1. The Labute approximate surface area is 116 Å². The Morgan fingerprint density at radius 2 is 2.28 bits per heavy atom. The SMILES string of the molecule is C=C(CNC1CC1)COc1ccc(OC)cc1Br. The quantitative estimate of drug-likeness (QED) is 0.785. The molecule has 1 aromatic carbocycles. The van der Waals surface area contributed by atoms with Crippen LogP contribution in [0.4, 0.5) is 0 Å². The molecule has 1 saturated carbocycles. The van der Waals surface area contributed by atoms with E-state index in [-0.39, 0.29) is 0 Å². The normalized spacial score (nSPS) is 14.3. The molecule has 0 unspecified atom stereocenters. The van der Waals surface area contributed by atoms with E-state index in [9.17, 15) is 0 Å². The number of halogens is 1. The summed E-state index contributed by atoms with van der Waals surface area (Å²) in [5.41, 5.74) is 1.06. The first-order valence-corrected chi connectivity index (χ1v) is 6.84. The lowest BCUT2D eigenvalue weighted by Gasteiger charge is -2.11. The van der Waals surface area contributed by atoms with E-state index < -0.39 is 0 Å². The zero-order valence-electron chi connectivity index (χ0n) is 10.5. The summed E-state index contributed by atoms with van der Waals surface area (Å²) >= 11 is 3.46. The maximum atomic E-state index is 5.71. The first kappa shape index (κ1) is 13.4. The van der Waals surface area contributed by atoms with Gasteiger partial charge in [-0.3, -0.25) is 0 Å². The average molecular weight is 312 g/mol. The molecule has 1 fully saturated rings. The number of rotatable bonds is 7. The fraction of sp³-hybridized carbons (Fsp3) is 0.429. The van der Waals surface area contributed by atoms with Crippen molar-refractivity contribution in [1.82, 2.24) is 5.32 Å². The average Bonchev–Trinajstić information content (AvgIpc) is 3.18. The van der Waals surface area contributed by atoms with E-state index in [2.05, 4.69) is 27.8 Å². The highest BCUT2D eigenvalue weighted by Crippen LogP contribution is 2.29. The van der Waals surface area contributed by atoms with Crippen LogP contribution < -0.4 is 14.8 Å². The fourth-order valence-corrected chi connectivity index (χ4v) is 2.00. The van der Waals surface area contributed by atoms with Crippen LogP contribution in [0, 0.1) is 0 Å². The molecule has 3 nitrogen and oxygen atoms in total. The van der Waals surface area contributed by atoms with Crippen LogP contribution in [0.5, 0.6) is 11.5 Å². The van der Waals surface area contributed by atoms with E-state index in [1.54, 1.807) is 7.11 Å². The first-order valence-electron chi connectivity index (χ1n) is 6.05. The first-order chi connectivity index (χ1) is 8.69. The third-order valence-electron chi connectivity index (χ3n) is 2.79. The predicted octanol–water partition coefficient (Wildman–Crippen LogP) is 3.14. The summed E-state index contributed by atoms with van der Waals surface area (Å²) in [7, 11) is 1.65. The van der Waals surface area contributed by atoms with E-state index in [0.717, 1.165) is 28.1 Å². The molecule has 0 heterocycles. The lowest BCUT2D eigenvalue weighted by atomic mass is 10.3. The minimum Gasteiger partial charge on any atom is -0.497 e. The van der Waals surface area contributed by atoms with Crippen molar-refractivity contribution in [2.45, 2.75) is 18.9 Å². The van der Waals surface area contributed by atoms with Crippen LogP contribution >= 0.6 is 15.9 Å². The van der Waals surface area contributed by atoms with Crippen molar-refractivity contribution in [3.05, 3.63) is 34.8 Å². The molecule has 0 spiro atoms. The van der Waals surface area contributed by atoms with Gasteiger partial charge in [0.25, 0.3) is 0 Å². The zero-order chi connectivity index (χ0) is 13.0. The number of hydrogen-bond donors (Lipinski definition) is 1. The van der Waals surface area contributed by atoms with Gasteiger partial charge in [-0.1, -0.05) is 6.58 Å². The molecule has 4 heteroatoms. The molecule has 0 saturated heterocycles. The molecule has 2 rings (SSSR count). The van der Waals surface area contributed by atoms with Crippen molar-refractivity contribution in [2.75, 3.05) is 20.3 Å². The predicted molar refractivity (Wildman–Crippen MR) is 76.4 cm³/mol. The van der Waals surface area contributed by atoms with Crippen LogP contribution in [0.1, 0.15) is 12.8 Å². The maximum absolute atomic E-state index is 5.71. The lowest BCUT2D eigenvalue weighted by Crippen LogP contribution is -2.21. The Balaban J connectivity index is 1.79. The second-order valence-electron chi connectivity index (χ2n) is 4.49. The van der Waals surface area contributed by atoms with E-state index in [0.29, 0.717) is 12.6 Å². The molecule has 1 N–H and O–H groups in total. The molecule has 0 aromatic heterocycles. The van der Waals surface area contributed by atoms with Gasteiger partial charge in [0, 0.05) is 12.6 Å². The number of nitrogens with one attached hydrogen (secondary N) is 1. The van der Waals surface area contributed by atoms with Crippen molar-refractivity contribution in [3.8, 4) is 11.5 Å². The van der Waals surface area contributed by atoms with Gasteiger partial charge in [-0.05, 0) is 52.5 Å². The van der Waals surface area contributed by atoms with Gasteiger partial charge in [0.05, 0.1) is 11.6 Å². The number of hydrogen-bond acceptors (Lipinski definition) is 3. The molecule has 0 amide bonds. The third kappa shape index (κ3) is 4.03. The Hall–Kier alpha value is -1.00. The van der Waals surface area contributed by atoms with Crippen molar-refractivity contribution < 1.29 is 9.47 Å². The van der Waals surface area contributed by atoms with E-state index in [1.807, 2.05) is 18.2 Å². The van der Waals surface area contributed by atoms with Crippen LogP contribution in [-0.4, -0.2) is 26.3 Å². The van der Waals surface area contributed by atoms with Crippen molar-refractivity contribution in [3.63, 3.8) is 0 Å². The van der Waals surface area contributed by atoms with Gasteiger partial charge in [-0.25, -0.2) is 0 Å². The number of benzene rings is 1. The zero-order valence-corrected chi connectivity index (χ0v) is 12.1. The summed E-state index contributed by atoms with van der Waals surface area (Å²) in [5, 5.41) is 3.41. The van der Waals surface area contributed by atoms with Gasteiger partial charge in [-0.2, -0.15) is 0 Å². The van der Waals surface area contributed by atoms with Gasteiger partial charge in [0.1, 0.15) is 18.1 Å². The molecule has 1 aliphatic rings. The lowest BCUT2D eigenvalue weighted by molar-refractivity contribution is 0.344. The summed E-state index contributed by atoms with van der Waals surface area (Å²) in [6, 6.07) is 6.37. The van der Waals surface area contributed by atoms with Gasteiger partial charge in [-0.15, -0.1) is 0 Å². The van der Waals surface area contributed by atoms with Gasteiger partial charge in [0.2, 0.25) is 0 Å². The monoisotopic (exact) mass is 311 g/mol. The molecule has 1 aromatic rings. The summed E-state index contributed by atoms with van der Waals surface area (Å²) < 4.78 is 11.7. The maximum Gasteiger partial charge on any atom is 0.134 e. The molecular formula is C14H18BrNO2. The highest BCUT2D eigenvalue weighted by molar-refractivity contribution is 9.10. The van der Waals surface area contributed by atoms with E-state index >= 15 is 0 Å². The van der Waals surface area contributed by atoms with E-state index in [1.165, 1.54) is 12.8 Å². The van der Waals surface area contributed by atoms with Crippen LogP contribution in [0.3, 0.4) is 0 Å². The molecule has 1 aliphatic carbocycles. The molecule has 0 radical (unpaired) electrons. The van der Waals surface area contributed by atoms with Crippen molar-refractivity contribution in [1.29, 1.82) is 0 Å². The fourth-order valence-electron chi connectivity index (χ4n) is 1.53. The van der Waals surface area contributed by atoms with Crippen molar-refractivity contribution in [2.24, 2.45) is 0 Å². The number of ether oxygens (including phenoxy) is 2. The van der Waals surface area contributed by atoms with E-state index in [4.69, 9.17) is 9.47 Å². The van der Waals surface area contributed by atoms with Crippen LogP contribution in [0.25, 0.3) is 0 Å².